The summed E-state index contributed by atoms with van der Waals surface area (Å²) in [5.41, 5.74) is 4.66. The van der Waals surface area contributed by atoms with Crippen molar-refractivity contribution < 1.29 is 9.59 Å². The molecule has 1 atom stereocenters. The van der Waals surface area contributed by atoms with Crippen LogP contribution in [0.15, 0.2) is 135 Å². The number of nitrogens with one attached hydrogen (secondary N) is 1. The number of benzene rings is 4. The second-order valence-corrected chi connectivity index (χ2v) is 12.4. The van der Waals surface area contributed by atoms with Gasteiger partial charge in [-0.2, -0.15) is 0 Å². The zero-order valence-electron chi connectivity index (χ0n) is 23.5. The summed E-state index contributed by atoms with van der Waals surface area (Å²) in [6.07, 6.45) is 0. The van der Waals surface area contributed by atoms with E-state index in [1.807, 2.05) is 109 Å². The molecule has 0 spiro atoms. The first-order chi connectivity index (χ1) is 21.4. The Bertz CT molecular complexity index is 2160. The fraction of sp³-hybridized carbons (Fsp3) is 0.0857. The average molecular weight is 662 g/mol. The third kappa shape index (κ3) is 4.84. The highest BCUT2D eigenvalue weighted by molar-refractivity contribution is 9.10. The van der Waals surface area contributed by atoms with E-state index in [0.29, 0.717) is 44.0 Å². The van der Waals surface area contributed by atoms with Gasteiger partial charge in [-0.25, -0.2) is 4.99 Å². The van der Waals surface area contributed by atoms with E-state index in [2.05, 4.69) is 21.2 Å². The maximum absolute atomic E-state index is 14.5. The Labute approximate surface area is 265 Å². The van der Waals surface area contributed by atoms with E-state index in [1.54, 1.807) is 16.4 Å². The number of fused-ring (bicyclic) bond motifs is 2. The van der Waals surface area contributed by atoms with Gasteiger partial charge in [0.05, 0.1) is 35.1 Å². The Morgan fingerprint density at radius 1 is 0.909 bits per heavy atom. The molecule has 1 aromatic heterocycles. The molecular weight excluding hydrogens is 636 g/mol. The van der Waals surface area contributed by atoms with E-state index in [9.17, 15) is 14.4 Å². The first-order valence-electron chi connectivity index (χ1n) is 14.0. The number of para-hydroxylation sites is 1. The largest absolute Gasteiger partial charge is 0.322 e. The van der Waals surface area contributed by atoms with Crippen molar-refractivity contribution in [1.82, 2.24) is 4.57 Å². The molecule has 3 heterocycles. The van der Waals surface area contributed by atoms with Crippen molar-refractivity contribution in [1.29, 1.82) is 0 Å². The lowest BCUT2D eigenvalue weighted by Crippen LogP contribution is -2.41. The highest BCUT2D eigenvalue weighted by Gasteiger charge is 2.37. The van der Waals surface area contributed by atoms with Crippen molar-refractivity contribution in [2.45, 2.75) is 19.5 Å². The summed E-state index contributed by atoms with van der Waals surface area (Å²) in [4.78, 5) is 49.3. The molecule has 0 fully saturated rings. The van der Waals surface area contributed by atoms with Crippen LogP contribution in [0.1, 0.15) is 29.7 Å². The number of halogens is 1. The van der Waals surface area contributed by atoms with Gasteiger partial charge in [-0.05, 0) is 48.4 Å². The number of anilines is 2. The highest BCUT2D eigenvalue weighted by atomic mass is 79.9. The van der Waals surface area contributed by atoms with Gasteiger partial charge in [0.1, 0.15) is 4.53 Å². The van der Waals surface area contributed by atoms with Crippen molar-refractivity contribution in [3.8, 4) is 0 Å². The molecule has 2 aliphatic heterocycles. The molecule has 7 nitrogen and oxygen atoms in total. The van der Waals surface area contributed by atoms with E-state index in [-0.39, 0.29) is 17.4 Å². The van der Waals surface area contributed by atoms with Gasteiger partial charge in [-0.1, -0.05) is 106 Å². The van der Waals surface area contributed by atoms with E-state index >= 15 is 0 Å². The summed E-state index contributed by atoms with van der Waals surface area (Å²) < 4.78 is 2.65. The molecule has 7 rings (SSSR count). The fourth-order valence-electron chi connectivity index (χ4n) is 5.78. The third-order valence-corrected chi connectivity index (χ3v) is 9.32. The fourth-order valence-corrected chi connectivity index (χ4v) is 7.28. The molecule has 216 valence electrons. The Balaban J connectivity index is 1.42. The van der Waals surface area contributed by atoms with Crippen molar-refractivity contribution >= 4 is 56.0 Å². The lowest BCUT2D eigenvalue weighted by Gasteiger charge is -2.25. The van der Waals surface area contributed by atoms with Crippen molar-refractivity contribution in [2.75, 3.05) is 10.2 Å². The van der Waals surface area contributed by atoms with Crippen molar-refractivity contribution in [3.05, 3.63) is 161 Å². The highest BCUT2D eigenvalue weighted by Crippen LogP contribution is 2.38. The van der Waals surface area contributed by atoms with E-state index in [4.69, 9.17) is 4.99 Å². The summed E-state index contributed by atoms with van der Waals surface area (Å²) in [6, 6.07) is 33.3. The number of nitrogens with zero attached hydrogens (tertiary/aromatic N) is 3. The molecule has 2 amide bonds. The number of hydrogen-bond donors (Lipinski definition) is 1. The number of allylic oxidation sites excluding steroid dienone is 1. The van der Waals surface area contributed by atoms with Crippen molar-refractivity contribution in [2.24, 2.45) is 4.99 Å². The minimum atomic E-state index is -0.732. The molecule has 0 radical (unpaired) electrons. The average Bonchev–Trinajstić information content (AvgIpc) is 3.49. The summed E-state index contributed by atoms with van der Waals surface area (Å²) in [6.45, 7) is 2.15. The Morgan fingerprint density at radius 2 is 1.57 bits per heavy atom. The van der Waals surface area contributed by atoms with Gasteiger partial charge in [0.2, 0.25) is 0 Å². The number of amides is 2. The molecule has 0 aliphatic carbocycles. The number of hydrogen-bond acceptors (Lipinski definition) is 5. The molecule has 1 N–H and O–H groups in total. The zero-order valence-corrected chi connectivity index (χ0v) is 25.9. The quantitative estimate of drug-likeness (QED) is 0.268. The SMILES string of the molecule is CC1=C(C(=O)Nc2ccccc2)[C@H](c2ccccc2)n2c(s/c(=C3\C(=O)N(Cc4ccccc4)c4ccc(Br)cc43)c2=O)=N1. The van der Waals surface area contributed by atoms with Gasteiger partial charge < -0.3 is 10.2 Å². The summed E-state index contributed by atoms with van der Waals surface area (Å²) >= 11 is 4.73. The molecule has 0 bridgehead atoms. The standard InChI is InChI=1S/C35H25BrN4O3S/c1-21-28(32(41)38-25-15-9-4-10-16-25)30(23-13-7-3-8-14-23)40-34(43)31(44-35(40)37-21)29-26-19-24(36)17-18-27(26)39(33(29)42)20-22-11-5-2-6-12-22/h2-19,30H,20H2,1H3,(H,38,41)/b31-29-/t30-/m0/s1. The Kier molecular flexibility index (Phi) is 7.20. The molecule has 0 saturated carbocycles. The van der Waals surface area contributed by atoms with Crippen LogP contribution in [0.25, 0.3) is 5.57 Å². The number of rotatable bonds is 5. The van der Waals surface area contributed by atoms with Gasteiger partial charge >= 0.3 is 0 Å². The van der Waals surface area contributed by atoms with Gasteiger partial charge in [0.25, 0.3) is 17.4 Å². The minimum absolute atomic E-state index is 0.249. The van der Waals surface area contributed by atoms with Crippen LogP contribution in [-0.2, 0) is 16.1 Å². The summed E-state index contributed by atoms with van der Waals surface area (Å²) in [7, 11) is 0. The predicted octanol–water partition coefficient (Wildman–Crippen LogP) is 5.55. The molecule has 9 heteroatoms. The maximum atomic E-state index is 14.5. The van der Waals surface area contributed by atoms with E-state index < -0.39 is 6.04 Å². The molecule has 0 saturated heterocycles. The normalized spacial score (nSPS) is 16.8. The monoisotopic (exact) mass is 660 g/mol. The third-order valence-electron chi connectivity index (χ3n) is 7.78. The maximum Gasteiger partial charge on any atom is 0.271 e. The van der Waals surface area contributed by atoms with Crippen LogP contribution < -0.4 is 25.1 Å². The minimum Gasteiger partial charge on any atom is -0.322 e. The molecule has 0 unspecified atom stereocenters. The smallest absolute Gasteiger partial charge is 0.271 e. The van der Waals surface area contributed by atoms with Crippen LogP contribution in [-0.4, -0.2) is 16.4 Å². The van der Waals surface area contributed by atoms with Crippen LogP contribution >= 0.6 is 27.3 Å². The lowest BCUT2D eigenvalue weighted by molar-refractivity contribution is -0.114. The lowest BCUT2D eigenvalue weighted by atomic mass is 9.95. The second kappa shape index (κ2) is 11.3. The molecular formula is C35H25BrN4O3S. The Morgan fingerprint density at radius 3 is 2.27 bits per heavy atom. The topological polar surface area (TPSA) is 83.8 Å². The first kappa shape index (κ1) is 27.9. The van der Waals surface area contributed by atoms with Gasteiger partial charge in [0.15, 0.2) is 4.80 Å². The van der Waals surface area contributed by atoms with Crippen LogP contribution in [0.5, 0.6) is 0 Å². The van der Waals surface area contributed by atoms with Crippen LogP contribution in [0.2, 0.25) is 0 Å². The number of carbonyl (C=O) groups is 2. The van der Waals surface area contributed by atoms with Gasteiger partial charge in [-0.3, -0.25) is 19.0 Å². The summed E-state index contributed by atoms with van der Waals surface area (Å²) in [5.74, 6) is -0.592. The molecule has 5 aromatic rings. The molecule has 2 aliphatic rings. The van der Waals surface area contributed by atoms with E-state index in [1.165, 1.54) is 11.3 Å². The zero-order chi connectivity index (χ0) is 30.4. The van der Waals surface area contributed by atoms with Gasteiger partial charge in [0, 0.05) is 15.7 Å². The molecule has 4 aromatic carbocycles. The van der Waals surface area contributed by atoms with Crippen LogP contribution in [0.4, 0.5) is 11.4 Å². The van der Waals surface area contributed by atoms with Crippen LogP contribution in [0.3, 0.4) is 0 Å². The van der Waals surface area contributed by atoms with Gasteiger partial charge in [-0.15, -0.1) is 0 Å². The second-order valence-electron chi connectivity index (χ2n) is 10.5. The summed E-state index contributed by atoms with van der Waals surface area (Å²) in [5, 5.41) is 2.97. The number of thiazole rings is 1. The van der Waals surface area contributed by atoms with Crippen molar-refractivity contribution in [3.63, 3.8) is 0 Å². The predicted molar refractivity (Wildman–Crippen MR) is 176 cm³/mol. The van der Waals surface area contributed by atoms with E-state index in [0.717, 1.165) is 21.3 Å². The number of aromatic nitrogens is 1. The Hall–Kier alpha value is -4.86. The number of carbonyl (C=O) groups excluding carboxylic acids is 2. The first-order valence-corrected chi connectivity index (χ1v) is 15.6. The molecule has 44 heavy (non-hydrogen) atoms. The van der Waals surface area contributed by atoms with Crippen LogP contribution in [0, 0.1) is 0 Å².